The highest BCUT2D eigenvalue weighted by Gasteiger charge is 2.30. The van der Waals surface area contributed by atoms with E-state index in [0.29, 0.717) is 18.0 Å². The Morgan fingerprint density at radius 1 is 1.00 bits per heavy atom. The second-order valence-electron chi connectivity index (χ2n) is 4.08. The van der Waals surface area contributed by atoms with Crippen molar-refractivity contribution in [3.63, 3.8) is 0 Å². The molecular weight excluding hydrogens is 335 g/mol. The zero-order valence-corrected chi connectivity index (χ0v) is 11.8. The van der Waals surface area contributed by atoms with Gasteiger partial charge >= 0.3 is 6.18 Å². The van der Waals surface area contributed by atoms with Gasteiger partial charge in [-0.3, -0.25) is 0 Å². The van der Waals surface area contributed by atoms with Gasteiger partial charge in [0.25, 0.3) is 0 Å². The summed E-state index contributed by atoms with van der Waals surface area (Å²) >= 11 is 3.35. The van der Waals surface area contributed by atoms with Crippen molar-refractivity contribution in [3.05, 3.63) is 58.1 Å². The van der Waals surface area contributed by atoms with E-state index in [4.69, 9.17) is 10.5 Å². The van der Waals surface area contributed by atoms with E-state index in [2.05, 4.69) is 15.9 Å². The van der Waals surface area contributed by atoms with E-state index in [1.807, 2.05) is 0 Å². The van der Waals surface area contributed by atoms with Crippen LogP contribution in [0.15, 0.2) is 46.9 Å². The van der Waals surface area contributed by atoms with Gasteiger partial charge in [0.05, 0.1) is 5.56 Å². The van der Waals surface area contributed by atoms with Crippen LogP contribution in [-0.2, 0) is 12.7 Å². The fourth-order valence-corrected chi connectivity index (χ4v) is 2.12. The molecule has 0 aliphatic heterocycles. The number of halogens is 4. The molecular formula is C14H11BrF3NO. The summed E-state index contributed by atoms with van der Waals surface area (Å²) in [5.74, 6) is 0.860. The summed E-state index contributed by atoms with van der Waals surface area (Å²) in [4.78, 5) is 0. The Morgan fingerprint density at radius 2 is 1.60 bits per heavy atom. The summed E-state index contributed by atoms with van der Waals surface area (Å²) in [5, 5.41) is 0. The molecule has 0 spiro atoms. The number of hydrogen-bond donors (Lipinski definition) is 1. The zero-order chi connectivity index (χ0) is 14.8. The highest BCUT2D eigenvalue weighted by atomic mass is 79.9. The highest BCUT2D eigenvalue weighted by molar-refractivity contribution is 9.10. The molecule has 0 heterocycles. The van der Waals surface area contributed by atoms with Crippen LogP contribution in [0.3, 0.4) is 0 Å². The fourth-order valence-electron chi connectivity index (χ4n) is 1.61. The number of hydrogen-bond acceptors (Lipinski definition) is 2. The quantitative estimate of drug-likeness (QED) is 0.873. The largest absolute Gasteiger partial charge is 0.457 e. The Bertz CT molecular complexity index is 596. The van der Waals surface area contributed by atoms with Crippen LogP contribution in [0.5, 0.6) is 11.5 Å². The van der Waals surface area contributed by atoms with Gasteiger partial charge in [-0.15, -0.1) is 0 Å². The third kappa shape index (κ3) is 3.52. The maximum Gasteiger partial charge on any atom is 0.416 e. The molecule has 6 heteroatoms. The SMILES string of the molecule is NCc1ccc(Oc2ccc(C(F)(F)F)cc2)cc1Br. The first kappa shape index (κ1) is 14.9. The van der Waals surface area contributed by atoms with Crippen molar-refractivity contribution in [3.8, 4) is 11.5 Å². The van der Waals surface area contributed by atoms with Crippen molar-refractivity contribution in [2.75, 3.05) is 0 Å². The van der Waals surface area contributed by atoms with Crippen LogP contribution in [0.1, 0.15) is 11.1 Å². The van der Waals surface area contributed by atoms with E-state index in [-0.39, 0.29) is 0 Å². The normalized spacial score (nSPS) is 11.4. The molecule has 0 bridgehead atoms. The molecule has 2 nitrogen and oxygen atoms in total. The number of benzene rings is 2. The standard InChI is InChI=1S/C14H11BrF3NO/c15-13-7-12(4-1-9(13)8-19)20-11-5-2-10(3-6-11)14(16,17)18/h1-7H,8,19H2. The Morgan fingerprint density at radius 3 is 2.10 bits per heavy atom. The summed E-state index contributed by atoms with van der Waals surface area (Å²) < 4.78 is 43.6. The summed E-state index contributed by atoms with van der Waals surface area (Å²) in [5.41, 5.74) is 5.75. The summed E-state index contributed by atoms with van der Waals surface area (Å²) in [6, 6.07) is 9.77. The minimum absolute atomic E-state index is 0.338. The molecule has 2 aromatic carbocycles. The third-order valence-electron chi connectivity index (χ3n) is 2.66. The van der Waals surface area contributed by atoms with Gasteiger partial charge in [-0.2, -0.15) is 13.2 Å². The first-order valence-corrected chi connectivity index (χ1v) is 6.53. The molecule has 0 aromatic heterocycles. The lowest BCUT2D eigenvalue weighted by Crippen LogP contribution is -2.04. The Kier molecular flexibility index (Phi) is 4.35. The third-order valence-corrected chi connectivity index (χ3v) is 3.40. The lowest BCUT2D eigenvalue weighted by atomic mass is 10.2. The van der Waals surface area contributed by atoms with Gasteiger partial charge in [-0.05, 0) is 42.0 Å². The highest BCUT2D eigenvalue weighted by Crippen LogP contribution is 2.32. The van der Waals surface area contributed by atoms with Crippen molar-refractivity contribution < 1.29 is 17.9 Å². The van der Waals surface area contributed by atoms with Crippen molar-refractivity contribution in [2.24, 2.45) is 5.73 Å². The minimum Gasteiger partial charge on any atom is -0.457 e. The van der Waals surface area contributed by atoms with E-state index < -0.39 is 11.7 Å². The van der Waals surface area contributed by atoms with E-state index >= 15 is 0 Å². The topological polar surface area (TPSA) is 35.2 Å². The number of nitrogens with two attached hydrogens (primary N) is 1. The number of ether oxygens (including phenoxy) is 1. The van der Waals surface area contributed by atoms with Crippen molar-refractivity contribution >= 4 is 15.9 Å². The first-order valence-electron chi connectivity index (χ1n) is 5.74. The van der Waals surface area contributed by atoms with Crippen molar-refractivity contribution in [1.82, 2.24) is 0 Å². The van der Waals surface area contributed by atoms with Gasteiger partial charge < -0.3 is 10.5 Å². The fraction of sp³-hybridized carbons (Fsp3) is 0.143. The molecule has 0 aliphatic carbocycles. The van der Waals surface area contributed by atoms with Crippen LogP contribution in [0.2, 0.25) is 0 Å². The molecule has 0 amide bonds. The Balaban J connectivity index is 2.16. The van der Waals surface area contributed by atoms with Crippen LogP contribution < -0.4 is 10.5 Å². The average Bonchev–Trinajstić information content (AvgIpc) is 2.38. The number of rotatable bonds is 3. The Hall–Kier alpha value is -1.53. The molecule has 0 fully saturated rings. The molecule has 20 heavy (non-hydrogen) atoms. The Labute approximate surface area is 122 Å². The summed E-state index contributed by atoms with van der Waals surface area (Å²) in [7, 11) is 0. The van der Waals surface area contributed by atoms with Crippen LogP contribution in [0, 0.1) is 0 Å². The van der Waals surface area contributed by atoms with E-state index in [1.165, 1.54) is 12.1 Å². The van der Waals surface area contributed by atoms with E-state index in [9.17, 15) is 13.2 Å². The zero-order valence-electron chi connectivity index (χ0n) is 10.2. The predicted molar refractivity (Wildman–Crippen MR) is 73.6 cm³/mol. The molecule has 0 radical (unpaired) electrons. The van der Waals surface area contributed by atoms with Gasteiger partial charge in [0.1, 0.15) is 11.5 Å². The lowest BCUT2D eigenvalue weighted by molar-refractivity contribution is -0.137. The second-order valence-corrected chi connectivity index (χ2v) is 4.94. The molecule has 106 valence electrons. The van der Waals surface area contributed by atoms with Crippen molar-refractivity contribution in [1.29, 1.82) is 0 Å². The van der Waals surface area contributed by atoms with Gasteiger partial charge in [-0.25, -0.2) is 0 Å². The van der Waals surface area contributed by atoms with Gasteiger partial charge in [0, 0.05) is 11.0 Å². The van der Waals surface area contributed by atoms with Crippen molar-refractivity contribution in [2.45, 2.75) is 12.7 Å². The molecule has 2 rings (SSSR count). The molecule has 2 N–H and O–H groups in total. The maximum atomic E-state index is 12.4. The smallest absolute Gasteiger partial charge is 0.416 e. The molecule has 0 atom stereocenters. The van der Waals surface area contributed by atoms with Crippen LogP contribution >= 0.6 is 15.9 Å². The lowest BCUT2D eigenvalue weighted by Gasteiger charge is -2.10. The molecule has 0 aliphatic rings. The first-order chi connectivity index (χ1) is 9.40. The van der Waals surface area contributed by atoms with Gasteiger partial charge in [0.15, 0.2) is 0 Å². The molecule has 0 unspecified atom stereocenters. The second kappa shape index (κ2) is 5.85. The van der Waals surface area contributed by atoms with E-state index in [1.54, 1.807) is 18.2 Å². The minimum atomic E-state index is -4.34. The summed E-state index contributed by atoms with van der Waals surface area (Å²) in [6.07, 6.45) is -4.34. The van der Waals surface area contributed by atoms with E-state index in [0.717, 1.165) is 22.2 Å². The number of alkyl halides is 3. The molecule has 0 saturated heterocycles. The molecule has 2 aromatic rings. The van der Waals surface area contributed by atoms with Crippen LogP contribution in [0.25, 0.3) is 0 Å². The summed E-state index contributed by atoms with van der Waals surface area (Å²) in [6.45, 7) is 0.390. The molecule has 0 saturated carbocycles. The maximum absolute atomic E-state index is 12.4. The van der Waals surface area contributed by atoms with Crippen LogP contribution in [0.4, 0.5) is 13.2 Å². The van der Waals surface area contributed by atoms with Gasteiger partial charge in [0.2, 0.25) is 0 Å². The predicted octanol–water partition coefficient (Wildman–Crippen LogP) is 4.72. The average molecular weight is 346 g/mol. The van der Waals surface area contributed by atoms with Gasteiger partial charge in [-0.1, -0.05) is 22.0 Å². The van der Waals surface area contributed by atoms with Crippen LogP contribution in [-0.4, -0.2) is 0 Å². The monoisotopic (exact) mass is 345 g/mol.